The quantitative estimate of drug-likeness (QED) is 0.629. The monoisotopic (exact) mass is 342 g/mol. The highest BCUT2D eigenvalue weighted by Crippen LogP contribution is 2.75. The van der Waals surface area contributed by atoms with Crippen LogP contribution < -0.4 is 0 Å². The van der Waals surface area contributed by atoms with Gasteiger partial charge in [-0.25, -0.2) is 0 Å². The lowest BCUT2D eigenvalue weighted by atomic mass is 9.89. The van der Waals surface area contributed by atoms with Gasteiger partial charge in [0.1, 0.15) is 0 Å². The first kappa shape index (κ1) is 11.3. The molecule has 2 aliphatic rings. The van der Waals surface area contributed by atoms with Gasteiger partial charge in [0.05, 0.1) is 3.23 Å². The first-order valence-electron chi connectivity index (χ1n) is 6.13. The molecular formula is C14H16Br2. The molecule has 86 valence electrons. The average molecular weight is 344 g/mol. The maximum absolute atomic E-state index is 3.92. The molecule has 0 spiro atoms. The third-order valence-electron chi connectivity index (χ3n) is 4.40. The Hall–Kier alpha value is 0.180. The van der Waals surface area contributed by atoms with Crippen molar-refractivity contribution in [3.05, 3.63) is 35.9 Å². The van der Waals surface area contributed by atoms with Crippen LogP contribution in [-0.4, -0.2) is 3.23 Å². The van der Waals surface area contributed by atoms with Crippen molar-refractivity contribution in [3.8, 4) is 0 Å². The second kappa shape index (κ2) is 3.84. The van der Waals surface area contributed by atoms with E-state index in [9.17, 15) is 0 Å². The van der Waals surface area contributed by atoms with Crippen molar-refractivity contribution in [1.29, 1.82) is 0 Å². The van der Waals surface area contributed by atoms with Gasteiger partial charge in [-0.15, -0.1) is 0 Å². The summed E-state index contributed by atoms with van der Waals surface area (Å²) in [6.45, 7) is 0. The number of hydrogen-bond donors (Lipinski definition) is 0. The highest BCUT2D eigenvalue weighted by Gasteiger charge is 2.74. The van der Waals surface area contributed by atoms with Crippen LogP contribution >= 0.6 is 31.9 Å². The van der Waals surface area contributed by atoms with Crippen molar-refractivity contribution < 1.29 is 0 Å². The number of alkyl halides is 2. The molecular weight excluding hydrogens is 328 g/mol. The molecule has 3 rings (SSSR count). The Morgan fingerprint density at radius 3 is 2.50 bits per heavy atom. The number of halogens is 2. The lowest BCUT2D eigenvalue weighted by Crippen LogP contribution is -2.14. The van der Waals surface area contributed by atoms with E-state index >= 15 is 0 Å². The van der Waals surface area contributed by atoms with Crippen LogP contribution in [0.4, 0.5) is 0 Å². The van der Waals surface area contributed by atoms with Crippen LogP contribution in [0, 0.1) is 5.92 Å². The lowest BCUT2D eigenvalue weighted by molar-refractivity contribution is 0.562. The summed E-state index contributed by atoms with van der Waals surface area (Å²) in [6, 6.07) is 11.0. The fourth-order valence-electron chi connectivity index (χ4n) is 3.50. The molecule has 2 atom stereocenters. The fourth-order valence-corrected chi connectivity index (χ4v) is 5.92. The maximum atomic E-state index is 3.92. The van der Waals surface area contributed by atoms with Crippen LogP contribution in [0.15, 0.2) is 30.3 Å². The van der Waals surface area contributed by atoms with Gasteiger partial charge in [-0.2, -0.15) is 0 Å². The summed E-state index contributed by atoms with van der Waals surface area (Å²) in [5.41, 5.74) is 1.86. The Kier molecular flexibility index (Phi) is 2.71. The summed E-state index contributed by atoms with van der Waals surface area (Å²) in [5.74, 6) is 0.768. The van der Waals surface area contributed by atoms with Gasteiger partial charge in [0.2, 0.25) is 0 Å². The van der Waals surface area contributed by atoms with Crippen LogP contribution in [0.5, 0.6) is 0 Å². The Labute approximate surface area is 114 Å². The molecule has 0 bridgehead atoms. The van der Waals surface area contributed by atoms with E-state index in [1.165, 1.54) is 37.7 Å². The molecule has 0 radical (unpaired) electrons. The van der Waals surface area contributed by atoms with Crippen molar-refractivity contribution in [2.24, 2.45) is 5.92 Å². The van der Waals surface area contributed by atoms with Gasteiger partial charge in [0.15, 0.2) is 0 Å². The topological polar surface area (TPSA) is 0 Å². The smallest absolute Gasteiger partial charge is 0.0714 e. The largest absolute Gasteiger partial charge is 0.0942 e. The minimum absolute atomic E-state index is 0.161. The van der Waals surface area contributed by atoms with Crippen LogP contribution in [0.3, 0.4) is 0 Å². The van der Waals surface area contributed by atoms with Crippen molar-refractivity contribution in [2.45, 2.75) is 40.8 Å². The van der Waals surface area contributed by atoms with Gasteiger partial charge in [-0.05, 0) is 24.3 Å². The number of hydrogen-bond acceptors (Lipinski definition) is 0. The van der Waals surface area contributed by atoms with Gasteiger partial charge in [0.25, 0.3) is 0 Å². The van der Waals surface area contributed by atoms with E-state index in [0.29, 0.717) is 5.41 Å². The molecule has 0 heterocycles. The molecule has 0 saturated heterocycles. The SMILES string of the molecule is BrC1(Br)C2CCCCCC21c1ccccc1. The predicted molar refractivity (Wildman–Crippen MR) is 75.3 cm³/mol. The van der Waals surface area contributed by atoms with Gasteiger partial charge in [-0.3, -0.25) is 0 Å². The molecule has 1 aromatic rings. The third kappa shape index (κ3) is 1.38. The zero-order chi connectivity index (χ0) is 11.2. The number of fused-ring (bicyclic) bond motifs is 1. The minimum Gasteiger partial charge on any atom is -0.0714 e. The second-order valence-electron chi connectivity index (χ2n) is 5.11. The van der Waals surface area contributed by atoms with E-state index in [-0.39, 0.29) is 3.23 Å². The van der Waals surface area contributed by atoms with Crippen molar-refractivity contribution in [2.75, 3.05) is 0 Å². The lowest BCUT2D eigenvalue weighted by Gasteiger charge is -2.18. The summed E-state index contributed by atoms with van der Waals surface area (Å²) >= 11 is 7.85. The van der Waals surface area contributed by atoms with Crippen molar-refractivity contribution >= 4 is 31.9 Å². The van der Waals surface area contributed by atoms with E-state index in [2.05, 4.69) is 62.2 Å². The molecule has 0 aliphatic heterocycles. The molecule has 0 aromatic heterocycles. The highest BCUT2D eigenvalue weighted by molar-refractivity contribution is 9.25. The highest BCUT2D eigenvalue weighted by atomic mass is 79.9. The first-order valence-corrected chi connectivity index (χ1v) is 7.71. The van der Waals surface area contributed by atoms with E-state index in [1.807, 2.05) is 0 Å². The molecule has 2 saturated carbocycles. The van der Waals surface area contributed by atoms with Crippen LogP contribution in [0.1, 0.15) is 37.7 Å². The molecule has 1 aromatic carbocycles. The standard InChI is InChI=1S/C14H16Br2/c15-14(16)12-9-5-2-6-10-13(12,14)11-7-3-1-4-8-11/h1,3-4,7-8,12H,2,5-6,9-10H2. The summed E-state index contributed by atoms with van der Waals surface area (Å²) in [4.78, 5) is 0. The second-order valence-corrected chi connectivity index (χ2v) is 8.68. The molecule has 0 amide bonds. The molecule has 16 heavy (non-hydrogen) atoms. The Bertz CT molecular complexity index is 385. The Morgan fingerprint density at radius 1 is 1.00 bits per heavy atom. The molecule has 0 nitrogen and oxygen atoms in total. The fraction of sp³-hybridized carbons (Fsp3) is 0.571. The molecule has 0 N–H and O–H groups in total. The van der Waals surface area contributed by atoms with Gasteiger partial charge in [-0.1, -0.05) is 81.5 Å². The maximum Gasteiger partial charge on any atom is 0.0942 e. The Morgan fingerprint density at radius 2 is 1.75 bits per heavy atom. The predicted octanol–water partition coefficient (Wildman–Crippen LogP) is 5.00. The summed E-state index contributed by atoms with van der Waals surface area (Å²) < 4.78 is 0.161. The summed E-state index contributed by atoms with van der Waals surface area (Å²) in [6.07, 6.45) is 6.83. The number of benzene rings is 1. The zero-order valence-electron chi connectivity index (χ0n) is 9.26. The van der Waals surface area contributed by atoms with Crippen LogP contribution in [-0.2, 0) is 5.41 Å². The molecule has 2 fully saturated rings. The van der Waals surface area contributed by atoms with E-state index in [1.54, 1.807) is 0 Å². The first-order chi connectivity index (χ1) is 7.69. The molecule has 2 aliphatic carbocycles. The summed E-state index contributed by atoms with van der Waals surface area (Å²) in [7, 11) is 0. The zero-order valence-corrected chi connectivity index (χ0v) is 12.4. The van der Waals surface area contributed by atoms with Crippen LogP contribution in [0.2, 0.25) is 0 Å². The van der Waals surface area contributed by atoms with Gasteiger partial charge in [0, 0.05) is 5.41 Å². The van der Waals surface area contributed by atoms with E-state index in [0.717, 1.165) is 5.92 Å². The number of rotatable bonds is 1. The van der Waals surface area contributed by atoms with Gasteiger partial charge >= 0.3 is 0 Å². The van der Waals surface area contributed by atoms with E-state index in [4.69, 9.17) is 0 Å². The third-order valence-corrected chi connectivity index (χ3v) is 6.92. The van der Waals surface area contributed by atoms with E-state index < -0.39 is 0 Å². The Balaban J connectivity index is 2.03. The molecule has 2 unspecified atom stereocenters. The normalized spacial score (nSPS) is 36.2. The van der Waals surface area contributed by atoms with Crippen LogP contribution in [0.25, 0.3) is 0 Å². The average Bonchev–Trinajstić information content (AvgIpc) is 2.87. The molecule has 2 heteroatoms. The van der Waals surface area contributed by atoms with Gasteiger partial charge < -0.3 is 0 Å². The minimum atomic E-state index is 0.161. The van der Waals surface area contributed by atoms with Crippen molar-refractivity contribution in [3.63, 3.8) is 0 Å². The summed E-state index contributed by atoms with van der Waals surface area (Å²) in [5, 5.41) is 0. The van der Waals surface area contributed by atoms with Crippen molar-refractivity contribution in [1.82, 2.24) is 0 Å².